The highest BCUT2D eigenvalue weighted by molar-refractivity contribution is 9.10. The Kier molecular flexibility index (Phi) is 2.73. The molecule has 0 atom stereocenters. The van der Waals surface area contributed by atoms with Gasteiger partial charge in [0.1, 0.15) is 16.1 Å². The molecule has 4 heteroatoms. The lowest BCUT2D eigenvalue weighted by Crippen LogP contribution is -1.89. The molecule has 2 heterocycles. The first-order chi connectivity index (χ1) is 8.31. The fourth-order valence-corrected chi connectivity index (χ4v) is 2.10. The van der Waals surface area contributed by atoms with Crippen LogP contribution in [0.2, 0.25) is 0 Å². The van der Waals surface area contributed by atoms with Crippen LogP contribution in [0.1, 0.15) is 5.56 Å². The van der Waals surface area contributed by atoms with Gasteiger partial charge in [0.15, 0.2) is 0 Å². The van der Waals surface area contributed by atoms with Gasteiger partial charge in [-0.15, -0.1) is 0 Å². The second-order valence-corrected chi connectivity index (χ2v) is 4.58. The Morgan fingerprint density at radius 1 is 1.24 bits per heavy atom. The summed E-state index contributed by atoms with van der Waals surface area (Å²) in [6, 6.07) is 11.4. The zero-order chi connectivity index (χ0) is 11.7. The van der Waals surface area contributed by atoms with E-state index in [1.807, 2.05) is 36.4 Å². The lowest BCUT2D eigenvalue weighted by Gasteiger charge is -2.06. The smallest absolute Gasteiger partial charge is 0.220 e. The van der Waals surface area contributed by atoms with Gasteiger partial charge >= 0.3 is 0 Å². The third-order valence-corrected chi connectivity index (χ3v) is 3.02. The Morgan fingerprint density at radius 3 is 3.06 bits per heavy atom. The van der Waals surface area contributed by atoms with E-state index in [1.165, 1.54) is 5.56 Å². The Bertz CT molecular complexity index is 557. The third kappa shape index (κ3) is 2.26. The molecular weight excluding hydrogens is 282 g/mol. The molecule has 3 rings (SSSR count). The van der Waals surface area contributed by atoms with E-state index in [9.17, 15) is 0 Å². The van der Waals surface area contributed by atoms with Gasteiger partial charge in [-0.1, -0.05) is 12.1 Å². The van der Waals surface area contributed by atoms with E-state index in [0.717, 1.165) is 29.1 Å². The van der Waals surface area contributed by atoms with Gasteiger partial charge < -0.3 is 9.47 Å². The van der Waals surface area contributed by atoms with Crippen LogP contribution in [0.15, 0.2) is 41.0 Å². The zero-order valence-electron chi connectivity index (χ0n) is 9.02. The van der Waals surface area contributed by atoms with Crippen molar-refractivity contribution in [2.75, 3.05) is 6.61 Å². The quantitative estimate of drug-likeness (QED) is 0.793. The fourth-order valence-electron chi connectivity index (χ4n) is 1.78. The van der Waals surface area contributed by atoms with Crippen molar-refractivity contribution in [3.63, 3.8) is 0 Å². The number of hydrogen-bond donors (Lipinski definition) is 0. The molecule has 1 aliphatic heterocycles. The van der Waals surface area contributed by atoms with Crippen molar-refractivity contribution < 1.29 is 9.47 Å². The fraction of sp³-hybridized carbons (Fsp3) is 0.154. The first-order valence-electron chi connectivity index (χ1n) is 5.37. The van der Waals surface area contributed by atoms with Gasteiger partial charge in [-0.05, 0) is 33.6 Å². The SMILES string of the molecule is Brc1cccc(Oc2ccc3c(c2)OCC3)n1. The number of pyridine rings is 1. The predicted molar refractivity (Wildman–Crippen MR) is 67.7 cm³/mol. The largest absolute Gasteiger partial charge is 0.493 e. The van der Waals surface area contributed by atoms with Gasteiger partial charge in [-0.2, -0.15) is 0 Å². The summed E-state index contributed by atoms with van der Waals surface area (Å²) in [6.07, 6.45) is 0.977. The van der Waals surface area contributed by atoms with Crippen LogP contribution in [-0.4, -0.2) is 11.6 Å². The van der Waals surface area contributed by atoms with Crippen LogP contribution in [0.25, 0.3) is 0 Å². The Balaban J connectivity index is 1.86. The van der Waals surface area contributed by atoms with Crippen LogP contribution in [0.5, 0.6) is 17.4 Å². The van der Waals surface area contributed by atoms with Crippen molar-refractivity contribution in [2.45, 2.75) is 6.42 Å². The number of benzene rings is 1. The third-order valence-electron chi connectivity index (χ3n) is 2.58. The molecule has 0 unspecified atom stereocenters. The average Bonchev–Trinajstić information content (AvgIpc) is 2.76. The molecule has 0 fully saturated rings. The molecule has 0 N–H and O–H groups in total. The number of rotatable bonds is 2. The number of nitrogens with zero attached hydrogens (tertiary/aromatic N) is 1. The van der Waals surface area contributed by atoms with Crippen molar-refractivity contribution in [3.8, 4) is 17.4 Å². The number of hydrogen-bond acceptors (Lipinski definition) is 3. The molecule has 0 spiro atoms. The molecule has 0 saturated carbocycles. The van der Waals surface area contributed by atoms with Gasteiger partial charge in [-0.25, -0.2) is 4.98 Å². The minimum absolute atomic E-state index is 0.567. The first-order valence-corrected chi connectivity index (χ1v) is 6.17. The molecule has 0 amide bonds. The Hall–Kier alpha value is -1.55. The molecule has 1 aliphatic rings. The minimum atomic E-state index is 0.567. The summed E-state index contributed by atoms with van der Waals surface area (Å²) < 4.78 is 11.9. The van der Waals surface area contributed by atoms with Crippen LogP contribution in [0.4, 0.5) is 0 Å². The van der Waals surface area contributed by atoms with E-state index in [1.54, 1.807) is 0 Å². The second-order valence-electron chi connectivity index (χ2n) is 3.77. The summed E-state index contributed by atoms with van der Waals surface area (Å²) in [5.74, 6) is 2.23. The van der Waals surface area contributed by atoms with E-state index < -0.39 is 0 Å². The average molecular weight is 292 g/mol. The zero-order valence-corrected chi connectivity index (χ0v) is 10.6. The number of halogens is 1. The van der Waals surface area contributed by atoms with Crippen LogP contribution < -0.4 is 9.47 Å². The lowest BCUT2D eigenvalue weighted by molar-refractivity contribution is 0.354. The maximum Gasteiger partial charge on any atom is 0.220 e. The normalized spacial score (nSPS) is 13.0. The number of ether oxygens (including phenoxy) is 2. The number of aromatic nitrogens is 1. The molecule has 2 aromatic rings. The second kappa shape index (κ2) is 4.37. The van der Waals surface area contributed by atoms with E-state index in [4.69, 9.17) is 9.47 Å². The van der Waals surface area contributed by atoms with E-state index in [2.05, 4.69) is 20.9 Å². The molecule has 1 aromatic heterocycles. The minimum Gasteiger partial charge on any atom is -0.493 e. The van der Waals surface area contributed by atoms with Crippen molar-refractivity contribution in [3.05, 3.63) is 46.6 Å². The molecule has 3 nitrogen and oxygen atoms in total. The van der Waals surface area contributed by atoms with Crippen LogP contribution in [0, 0.1) is 0 Å². The topological polar surface area (TPSA) is 31.4 Å². The monoisotopic (exact) mass is 291 g/mol. The van der Waals surface area contributed by atoms with Crippen molar-refractivity contribution >= 4 is 15.9 Å². The maximum absolute atomic E-state index is 5.66. The summed E-state index contributed by atoms with van der Waals surface area (Å²) in [4.78, 5) is 4.22. The highest BCUT2D eigenvalue weighted by atomic mass is 79.9. The summed E-state index contributed by atoms with van der Waals surface area (Å²) in [5.41, 5.74) is 1.24. The van der Waals surface area contributed by atoms with Crippen molar-refractivity contribution in [1.29, 1.82) is 0 Å². The molecule has 17 heavy (non-hydrogen) atoms. The van der Waals surface area contributed by atoms with E-state index in [0.29, 0.717) is 5.88 Å². The Labute approximate surface area is 108 Å². The first kappa shape index (κ1) is 10.6. The molecule has 1 aromatic carbocycles. The van der Waals surface area contributed by atoms with E-state index in [-0.39, 0.29) is 0 Å². The molecule has 0 saturated heterocycles. The summed E-state index contributed by atoms with van der Waals surface area (Å²) in [5, 5.41) is 0. The van der Waals surface area contributed by atoms with E-state index >= 15 is 0 Å². The van der Waals surface area contributed by atoms with Crippen LogP contribution in [-0.2, 0) is 6.42 Å². The number of fused-ring (bicyclic) bond motifs is 1. The van der Waals surface area contributed by atoms with Gasteiger partial charge in [0.25, 0.3) is 0 Å². The molecule has 0 radical (unpaired) electrons. The lowest BCUT2D eigenvalue weighted by atomic mass is 10.2. The molecule has 86 valence electrons. The summed E-state index contributed by atoms with van der Waals surface area (Å²) in [7, 11) is 0. The molecule has 0 aliphatic carbocycles. The highest BCUT2D eigenvalue weighted by Crippen LogP contribution is 2.31. The van der Waals surface area contributed by atoms with Crippen molar-refractivity contribution in [1.82, 2.24) is 4.98 Å². The van der Waals surface area contributed by atoms with Crippen LogP contribution >= 0.6 is 15.9 Å². The summed E-state index contributed by atoms with van der Waals surface area (Å²) in [6.45, 7) is 0.758. The van der Waals surface area contributed by atoms with Gasteiger partial charge in [0, 0.05) is 18.6 Å². The highest BCUT2D eigenvalue weighted by Gasteiger charge is 2.12. The maximum atomic E-state index is 5.66. The van der Waals surface area contributed by atoms with Gasteiger partial charge in [-0.3, -0.25) is 0 Å². The van der Waals surface area contributed by atoms with Gasteiger partial charge in [0.2, 0.25) is 5.88 Å². The van der Waals surface area contributed by atoms with Crippen molar-refractivity contribution in [2.24, 2.45) is 0 Å². The van der Waals surface area contributed by atoms with Crippen LogP contribution in [0.3, 0.4) is 0 Å². The Morgan fingerprint density at radius 2 is 2.18 bits per heavy atom. The standard InChI is InChI=1S/C13H10BrNO2/c14-12-2-1-3-13(15-12)17-10-5-4-9-6-7-16-11(9)8-10/h1-5,8H,6-7H2. The van der Waals surface area contributed by atoms with Gasteiger partial charge in [0.05, 0.1) is 6.61 Å². The molecular formula is C13H10BrNO2. The predicted octanol–water partition coefficient (Wildman–Crippen LogP) is 3.57. The summed E-state index contributed by atoms with van der Waals surface area (Å²) >= 11 is 3.31. The molecule has 0 bridgehead atoms.